The Balaban J connectivity index is 3.19. The van der Waals surface area contributed by atoms with Crippen molar-refractivity contribution in [3.63, 3.8) is 0 Å². The predicted octanol–water partition coefficient (Wildman–Crippen LogP) is 2.98. The first-order chi connectivity index (χ1) is 6.43. The summed E-state index contributed by atoms with van der Waals surface area (Å²) in [5, 5.41) is 0. The standard InChI is InChI=1S/C12H19NO/c1-7(2)14-11-6-8(3)12(13)10(5)9(11)4/h6-7H,13H2,1-5H3. The van der Waals surface area contributed by atoms with Gasteiger partial charge in [-0.3, -0.25) is 0 Å². The molecule has 0 spiro atoms. The van der Waals surface area contributed by atoms with E-state index in [0.29, 0.717) is 0 Å². The fraction of sp³-hybridized carbons (Fsp3) is 0.500. The van der Waals surface area contributed by atoms with Crippen LogP contribution in [0, 0.1) is 20.8 Å². The Hall–Kier alpha value is -1.18. The largest absolute Gasteiger partial charge is 0.491 e. The van der Waals surface area contributed by atoms with Gasteiger partial charge in [0.1, 0.15) is 5.75 Å². The minimum Gasteiger partial charge on any atom is -0.491 e. The minimum absolute atomic E-state index is 0.205. The molecule has 0 fully saturated rings. The number of ether oxygens (including phenoxy) is 1. The lowest BCUT2D eigenvalue weighted by molar-refractivity contribution is 0.240. The van der Waals surface area contributed by atoms with Gasteiger partial charge in [0.2, 0.25) is 0 Å². The monoisotopic (exact) mass is 193 g/mol. The van der Waals surface area contributed by atoms with Gasteiger partial charge in [0.05, 0.1) is 6.10 Å². The molecule has 0 aliphatic carbocycles. The highest BCUT2D eigenvalue weighted by atomic mass is 16.5. The van der Waals surface area contributed by atoms with Crippen LogP contribution in [0.25, 0.3) is 0 Å². The smallest absolute Gasteiger partial charge is 0.123 e. The molecule has 1 aromatic carbocycles. The first kappa shape index (κ1) is 10.9. The molecule has 2 N–H and O–H groups in total. The molecule has 1 aromatic rings. The Kier molecular flexibility index (Phi) is 3.04. The normalized spacial score (nSPS) is 10.7. The summed E-state index contributed by atoms with van der Waals surface area (Å²) in [5.74, 6) is 0.948. The van der Waals surface area contributed by atoms with Gasteiger partial charge in [-0.15, -0.1) is 0 Å². The molecular weight excluding hydrogens is 174 g/mol. The zero-order chi connectivity index (χ0) is 10.9. The van der Waals surface area contributed by atoms with E-state index in [0.717, 1.165) is 28.1 Å². The van der Waals surface area contributed by atoms with Crippen molar-refractivity contribution in [3.8, 4) is 5.75 Å². The second-order valence-electron chi connectivity index (χ2n) is 4.02. The highest BCUT2D eigenvalue weighted by Crippen LogP contribution is 2.29. The van der Waals surface area contributed by atoms with Crippen LogP contribution in [-0.2, 0) is 0 Å². The third-order valence-electron chi connectivity index (χ3n) is 2.47. The second-order valence-corrected chi connectivity index (χ2v) is 4.02. The molecule has 0 saturated heterocycles. The van der Waals surface area contributed by atoms with E-state index in [1.165, 1.54) is 0 Å². The molecule has 2 nitrogen and oxygen atoms in total. The van der Waals surface area contributed by atoms with Gasteiger partial charge in [-0.2, -0.15) is 0 Å². The summed E-state index contributed by atoms with van der Waals surface area (Å²) in [7, 11) is 0. The Labute approximate surface area is 86.1 Å². The summed E-state index contributed by atoms with van der Waals surface area (Å²) in [6.45, 7) is 10.1. The maximum Gasteiger partial charge on any atom is 0.123 e. The molecule has 2 heteroatoms. The van der Waals surface area contributed by atoms with E-state index < -0.39 is 0 Å². The summed E-state index contributed by atoms with van der Waals surface area (Å²) in [5.41, 5.74) is 10.2. The van der Waals surface area contributed by atoms with Crippen LogP contribution in [0.4, 0.5) is 5.69 Å². The quantitative estimate of drug-likeness (QED) is 0.733. The van der Waals surface area contributed by atoms with Crippen LogP contribution in [0.5, 0.6) is 5.75 Å². The Morgan fingerprint density at radius 3 is 2.21 bits per heavy atom. The average Bonchev–Trinajstić information content (AvgIpc) is 2.10. The molecule has 0 heterocycles. The molecule has 0 bridgehead atoms. The van der Waals surface area contributed by atoms with Crippen molar-refractivity contribution >= 4 is 5.69 Å². The fourth-order valence-corrected chi connectivity index (χ4v) is 1.44. The number of benzene rings is 1. The van der Waals surface area contributed by atoms with Crippen molar-refractivity contribution in [2.24, 2.45) is 0 Å². The topological polar surface area (TPSA) is 35.2 Å². The first-order valence-electron chi connectivity index (χ1n) is 4.96. The van der Waals surface area contributed by atoms with Crippen LogP contribution in [-0.4, -0.2) is 6.10 Å². The molecule has 0 unspecified atom stereocenters. The van der Waals surface area contributed by atoms with Crippen molar-refractivity contribution in [1.82, 2.24) is 0 Å². The number of nitrogens with two attached hydrogens (primary N) is 1. The number of aryl methyl sites for hydroxylation is 1. The minimum atomic E-state index is 0.205. The third-order valence-corrected chi connectivity index (χ3v) is 2.47. The lowest BCUT2D eigenvalue weighted by Gasteiger charge is -2.16. The Morgan fingerprint density at radius 2 is 1.71 bits per heavy atom. The molecule has 0 radical (unpaired) electrons. The van der Waals surface area contributed by atoms with Crippen molar-refractivity contribution in [2.45, 2.75) is 40.7 Å². The van der Waals surface area contributed by atoms with Crippen LogP contribution >= 0.6 is 0 Å². The maximum atomic E-state index is 5.93. The van der Waals surface area contributed by atoms with E-state index in [-0.39, 0.29) is 6.10 Å². The van der Waals surface area contributed by atoms with Crippen LogP contribution < -0.4 is 10.5 Å². The number of nitrogen functional groups attached to an aromatic ring is 1. The van der Waals surface area contributed by atoms with Gasteiger partial charge in [-0.1, -0.05) is 0 Å². The lowest BCUT2D eigenvalue weighted by Crippen LogP contribution is -2.08. The highest BCUT2D eigenvalue weighted by molar-refractivity contribution is 5.60. The molecule has 0 aliphatic heterocycles. The van der Waals surface area contributed by atoms with Crippen LogP contribution in [0.15, 0.2) is 6.07 Å². The molecule has 78 valence electrons. The SMILES string of the molecule is Cc1cc(OC(C)C)c(C)c(C)c1N. The number of hydrogen-bond donors (Lipinski definition) is 1. The molecule has 0 aliphatic rings. The van der Waals surface area contributed by atoms with E-state index >= 15 is 0 Å². The summed E-state index contributed by atoms with van der Waals surface area (Å²) in [4.78, 5) is 0. The fourth-order valence-electron chi connectivity index (χ4n) is 1.44. The molecule has 0 atom stereocenters. The van der Waals surface area contributed by atoms with Gasteiger partial charge < -0.3 is 10.5 Å². The van der Waals surface area contributed by atoms with Crippen LogP contribution in [0.2, 0.25) is 0 Å². The van der Waals surface area contributed by atoms with E-state index in [1.54, 1.807) is 0 Å². The van der Waals surface area contributed by atoms with Gasteiger partial charge in [0.15, 0.2) is 0 Å². The first-order valence-corrected chi connectivity index (χ1v) is 4.96. The molecule has 1 rings (SSSR count). The molecule has 14 heavy (non-hydrogen) atoms. The van der Waals surface area contributed by atoms with Crippen molar-refractivity contribution < 1.29 is 4.74 Å². The zero-order valence-corrected chi connectivity index (χ0v) is 9.64. The number of hydrogen-bond acceptors (Lipinski definition) is 2. The van der Waals surface area contributed by atoms with Gasteiger partial charge >= 0.3 is 0 Å². The lowest BCUT2D eigenvalue weighted by atomic mass is 10.0. The Bertz CT molecular complexity index is 343. The predicted molar refractivity (Wildman–Crippen MR) is 60.8 cm³/mol. The zero-order valence-electron chi connectivity index (χ0n) is 9.64. The summed E-state index contributed by atoms with van der Waals surface area (Å²) >= 11 is 0. The van der Waals surface area contributed by atoms with E-state index in [4.69, 9.17) is 10.5 Å². The average molecular weight is 193 g/mol. The molecule has 0 amide bonds. The van der Waals surface area contributed by atoms with Crippen molar-refractivity contribution in [3.05, 3.63) is 22.8 Å². The van der Waals surface area contributed by atoms with Crippen molar-refractivity contribution in [2.75, 3.05) is 5.73 Å². The van der Waals surface area contributed by atoms with E-state index in [9.17, 15) is 0 Å². The van der Waals surface area contributed by atoms with Gasteiger partial charge in [-0.25, -0.2) is 0 Å². The highest BCUT2D eigenvalue weighted by Gasteiger charge is 2.09. The molecule has 0 saturated carbocycles. The maximum absolute atomic E-state index is 5.93. The van der Waals surface area contributed by atoms with Crippen LogP contribution in [0.1, 0.15) is 30.5 Å². The van der Waals surface area contributed by atoms with Gasteiger partial charge in [-0.05, 0) is 57.4 Å². The van der Waals surface area contributed by atoms with Gasteiger partial charge in [0.25, 0.3) is 0 Å². The summed E-state index contributed by atoms with van der Waals surface area (Å²) < 4.78 is 5.71. The molecular formula is C12H19NO. The number of rotatable bonds is 2. The van der Waals surface area contributed by atoms with Crippen molar-refractivity contribution in [1.29, 1.82) is 0 Å². The second kappa shape index (κ2) is 3.91. The van der Waals surface area contributed by atoms with E-state index in [2.05, 4.69) is 0 Å². The Morgan fingerprint density at radius 1 is 1.14 bits per heavy atom. The molecule has 0 aromatic heterocycles. The number of anilines is 1. The van der Waals surface area contributed by atoms with Crippen LogP contribution in [0.3, 0.4) is 0 Å². The third kappa shape index (κ3) is 2.00. The van der Waals surface area contributed by atoms with Gasteiger partial charge in [0, 0.05) is 5.69 Å². The summed E-state index contributed by atoms with van der Waals surface area (Å²) in [6, 6.07) is 2.01. The van der Waals surface area contributed by atoms with E-state index in [1.807, 2.05) is 40.7 Å². The summed E-state index contributed by atoms with van der Waals surface area (Å²) in [6.07, 6.45) is 0.205.